The first kappa shape index (κ1) is 16.0. The Morgan fingerprint density at radius 2 is 2.00 bits per heavy atom. The van der Waals surface area contributed by atoms with E-state index in [0.717, 1.165) is 10.8 Å². The van der Waals surface area contributed by atoms with E-state index in [4.69, 9.17) is 0 Å². The maximum atomic E-state index is 11.9. The van der Waals surface area contributed by atoms with Crippen molar-refractivity contribution in [1.82, 2.24) is 10.2 Å². The van der Waals surface area contributed by atoms with Crippen LogP contribution in [0.25, 0.3) is 0 Å². The minimum absolute atomic E-state index is 0.0205. The van der Waals surface area contributed by atoms with Gasteiger partial charge in [0, 0.05) is 11.7 Å². The molecule has 0 aliphatic carbocycles. The van der Waals surface area contributed by atoms with Gasteiger partial charge in [0.15, 0.2) is 4.34 Å². The maximum absolute atomic E-state index is 11.9. The third-order valence-electron chi connectivity index (χ3n) is 2.75. The number of amides is 1. The van der Waals surface area contributed by atoms with E-state index in [2.05, 4.69) is 60.6 Å². The zero-order chi connectivity index (χ0) is 15.2. The lowest BCUT2D eigenvalue weighted by Crippen LogP contribution is -2.12. The second-order valence-corrected chi connectivity index (χ2v) is 7.87. The van der Waals surface area contributed by atoms with E-state index in [1.54, 1.807) is 11.8 Å². The van der Waals surface area contributed by atoms with Gasteiger partial charge in [-0.3, -0.25) is 4.79 Å². The lowest BCUT2D eigenvalue weighted by Gasteiger charge is -2.02. The van der Waals surface area contributed by atoms with E-state index < -0.39 is 0 Å². The van der Waals surface area contributed by atoms with Crippen molar-refractivity contribution in [3.05, 3.63) is 35.4 Å². The van der Waals surface area contributed by atoms with Crippen LogP contribution in [0, 0.1) is 6.92 Å². The number of aromatic nitrogens is 2. The van der Waals surface area contributed by atoms with Gasteiger partial charge in [-0.25, -0.2) is 0 Å². The molecule has 0 aliphatic rings. The Hall–Kier alpha value is -1.40. The van der Waals surface area contributed by atoms with Gasteiger partial charge < -0.3 is 5.32 Å². The summed E-state index contributed by atoms with van der Waals surface area (Å²) in [6.45, 7) is 6.26. The maximum Gasteiger partial charge on any atom is 0.226 e. The van der Waals surface area contributed by atoms with E-state index >= 15 is 0 Å². The van der Waals surface area contributed by atoms with Crippen LogP contribution in [0.5, 0.6) is 0 Å². The van der Waals surface area contributed by atoms with Crippen LogP contribution >= 0.6 is 23.1 Å². The Kier molecular flexibility index (Phi) is 5.76. The van der Waals surface area contributed by atoms with Gasteiger partial charge in [0.05, 0.1) is 0 Å². The van der Waals surface area contributed by atoms with Crippen LogP contribution in [0.2, 0.25) is 0 Å². The van der Waals surface area contributed by atoms with Gasteiger partial charge in [0.1, 0.15) is 0 Å². The number of rotatable bonds is 6. The number of aryl methyl sites for hydroxylation is 2. The van der Waals surface area contributed by atoms with Crippen LogP contribution in [-0.2, 0) is 11.2 Å². The summed E-state index contributed by atoms with van der Waals surface area (Å²) in [5.41, 5.74) is 2.40. The quantitative estimate of drug-likeness (QED) is 0.647. The number of anilines is 1. The minimum atomic E-state index is -0.0205. The summed E-state index contributed by atoms with van der Waals surface area (Å²) in [5, 5.41) is 11.9. The predicted octanol–water partition coefficient (Wildman–Crippen LogP) is 3.92. The standard InChI is InChI=1S/C15H19N3OS2/c1-10(2)20-15-18-17-14(21-15)16-13(19)9-8-12-6-4-11(3)5-7-12/h4-7,10H,8-9H2,1-3H3,(H,16,17,19). The number of thioether (sulfide) groups is 1. The van der Waals surface area contributed by atoms with E-state index in [1.165, 1.54) is 22.5 Å². The summed E-state index contributed by atoms with van der Waals surface area (Å²) >= 11 is 3.07. The van der Waals surface area contributed by atoms with Crippen LogP contribution in [0.4, 0.5) is 5.13 Å². The van der Waals surface area contributed by atoms with Gasteiger partial charge in [-0.15, -0.1) is 10.2 Å². The zero-order valence-electron chi connectivity index (χ0n) is 12.4. The molecule has 2 aromatic rings. The van der Waals surface area contributed by atoms with Crippen LogP contribution in [0.3, 0.4) is 0 Å². The summed E-state index contributed by atoms with van der Waals surface area (Å²) in [5.74, 6) is -0.0205. The molecular formula is C15H19N3OS2. The van der Waals surface area contributed by atoms with Crippen LogP contribution < -0.4 is 5.32 Å². The first-order valence-corrected chi connectivity index (χ1v) is 8.58. The minimum Gasteiger partial charge on any atom is -0.300 e. The number of hydrogen-bond acceptors (Lipinski definition) is 5. The zero-order valence-corrected chi connectivity index (χ0v) is 14.1. The molecule has 6 heteroatoms. The molecule has 0 fully saturated rings. The van der Waals surface area contributed by atoms with Crippen LogP contribution in [-0.4, -0.2) is 21.4 Å². The van der Waals surface area contributed by atoms with E-state index in [0.29, 0.717) is 16.8 Å². The lowest BCUT2D eigenvalue weighted by molar-refractivity contribution is -0.116. The Bertz CT molecular complexity index is 593. The smallest absolute Gasteiger partial charge is 0.226 e. The van der Waals surface area contributed by atoms with Gasteiger partial charge in [0.2, 0.25) is 11.0 Å². The molecular weight excluding hydrogens is 302 g/mol. The number of nitrogens with one attached hydrogen (secondary N) is 1. The SMILES string of the molecule is Cc1ccc(CCC(=O)Nc2nnc(SC(C)C)s2)cc1. The average Bonchev–Trinajstić information content (AvgIpc) is 2.84. The van der Waals surface area contributed by atoms with Gasteiger partial charge in [-0.1, -0.05) is 66.8 Å². The van der Waals surface area contributed by atoms with Crippen molar-refractivity contribution in [2.45, 2.75) is 43.2 Å². The molecule has 1 aromatic carbocycles. The van der Waals surface area contributed by atoms with Crippen molar-refractivity contribution < 1.29 is 4.79 Å². The highest BCUT2D eigenvalue weighted by molar-refractivity contribution is 8.01. The molecule has 2 rings (SSSR count). The first-order chi connectivity index (χ1) is 10.0. The highest BCUT2D eigenvalue weighted by atomic mass is 32.2. The molecule has 0 spiro atoms. The average molecular weight is 321 g/mol. The molecule has 1 aromatic heterocycles. The summed E-state index contributed by atoms with van der Waals surface area (Å²) in [6.07, 6.45) is 1.19. The fourth-order valence-electron chi connectivity index (χ4n) is 1.70. The van der Waals surface area contributed by atoms with Crippen molar-refractivity contribution in [1.29, 1.82) is 0 Å². The summed E-state index contributed by atoms with van der Waals surface area (Å²) in [4.78, 5) is 11.9. The number of benzene rings is 1. The molecule has 0 saturated carbocycles. The molecule has 21 heavy (non-hydrogen) atoms. The van der Waals surface area contributed by atoms with Crippen molar-refractivity contribution >= 4 is 34.1 Å². The van der Waals surface area contributed by atoms with Crippen molar-refractivity contribution in [2.75, 3.05) is 5.32 Å². The van der Waals surface area contributed by atoms with Crippen molar-refractivity contribution in [3.63, 3.8) is 0 Å². The molecule has 0 bridgehead atoms. The molecule has 4 nitrogen and oxygen atoms in total. The highest BCUT2D eigenvalue weighted by Crippen LogP contribution is 2.28. The summed E-state index contributed by atoms with van der Waals surface area (Å²) in [6, 6.07) is 8.25. The molecule has 1 heterocycles. The summed E-state index contributed by atoms with van der Waals surface area (Å²) < 4.78 is 0.888. The Labute approximate surface area is 133 Å². The Morgan fingerprint density at radius 3 is 2.67 bits per heavy atom. The molecule has 1 amide bonds. The van der Waals surface area contributed by atoms with Gasteiger partial charge in [0.25, 0.3) is 0 Å². The van der Waals surface area contributed by atoms with Gasteiger partial charge in [-0.05, 0) is 18.9 Å². The predicted molar refractivity (Wildman–Crippen MR) is 89.0 cm³/mol. The Balaban J connectivity index is 1.81. The first-order valence-electron chi connectivity index (χ1n) is 6.88. The molecule has 0 atom stereocenters. The van der Waals surface area contributed by atoms with Gasteiger partial charge >= 0.3 is 0 Å². The largest absolute Gasteiger partial charge is 0.300 e. The van der Waals surface area contributed by atoms with Crippen LogP contribution in [0.15, 0.2) is 28.6 Å². The fourth-order valence-corrected chi connectivity index (χ4v) is 3.70. The highest BCUT2D eigenvalue weighted by Gasteiger charge is 2.09. The van der Waals surface area contributed by atoms with Crippen LogP contribution in [0.1, 0.15) is 31.4 Å². The number of nitrogens with zero attached hydrogens (tertiary/aromatic N) is 2. The molecule has 0 saturated heterocycles. The molecule has 112 valence electrons. The third kappa shape index (κ3) is 5.47. The topological polar surface area (TPSA) is 54.9 Å². The molecule has 0 unspecified atom stereocenters. The van der Waals surface area contributed by atoms with E-state index in [9.17, 15) is 4.79 Å². The second kappa shape index (κ2) is 7.56. The van der Waals surface area contributed by atoms with Gasteiger partial charge in [-0.2, -0.15) is 0 Å². The molecule has 0 aliphatic heterocycles. The van der Waals surface area contributed by atoms with Crippen molar-refractivity contribution in [3.8, 4) is 0 Å². The van der Waals surface area contributed by atoms with E-state index in [1.807, 2.05) is 0 Å². The van der Waals surface area contributed by atoms with Crippen molar-refractivity contribution in [2.24, 2.45) is 0 Å². The third-order valence-corrected chi connectivity index (χ3v) is 4.68. The number of hydrogen-bond donors (Lipinski definition) is 1. The molecule has 0 radical (unpaired) electrons. The monoisotopic (exact) mass is 321 g/mol. The Morgan fingerprint density at radius 1 is 1.29 bits per heavy atom. The number of carbonyl (C=O) groups excluding carboxylic acids is 1. The second-order valence-electron chi connectivity index (χ2n) is 5.07. The number of carbonyl (C=O) groups is 1. The lowest BCUT2D eigenvalue weighted by atomic mass is 10.1. The van der Waals surface area contributed by atoms with E-state index in [-0.39, 0.29) is 5.91 Å². The normalized spacial score (nSPS) is 10.9. The fraction of sp³-hybridized carbons (Fsp3) is 0.400. The molecule has 1 N–H and O–H groups in total. The summed E-state index contributed by atoms with van der Waals surface area (Å²) in [7, 11) is 0.